The molecule has 1 N–H and O–H groups in total. The van der Waals surface area contributed by atoms with Crippen molar-refractivity contribution < 1.29 is 37.7 Å². The number of carbonyl (C=O) groups is 3. The lowest BCUT2D eigenvalue weighted by molar-refractivity contribution is -0.139. The van der Waals surface area contributed by atoms with Crippen LogP contribution in [0.1, 0.15) is 51.2 Å². The Labute approximate surface area is 232 Å². The Balaban J connectivity index is 1.66. The van der Waals surface area contributed by atoms with Crippen molar-refractivity contribution >= 4 is 18.1 Å². The minimum absolute atomic E-state index is 0.0235. The molecule has 3 amide bonds. The summed E-state index contributed by atoms with van der Waals surface area (Å²) in [6, 6.07) is 10.7. The van der Waals surface area contributed by atoms with Gasteiger partial charge in [-0.2, -0.15) is 0 Å². The highest BCUT2D eigenvalue weighted by atomic mass is 19.1. The average Bonchev–Trinajstić information content (AvgIpc) is 3.25. The predicted molar refractivity (Wildman–Crippen MR) is 142 cm³/mol. The molecule has 4 atom stereocenters. The van der Waals surface area contributed by atoms with Crippen LogP contribution in [0.25, 0.3) is 0 Å². The number of hydrogen-bond donors (Lipinski definition) is 1. The second-order valence-electron chi connectivity index (χ2n) is 11.4. The van der Waals surface area contributed by atoms with Gasteiger partial charge in [0.25, 0.3) is 0 Å². The molecule has 2 aliphatic heterocycles. The van der Waals surface area contributed by atoms with E-state index in [4.69, 9.17) is 9.47 Å². The highest BCUT2D eigenvalue weighted by Gasteiger charge is 2.46. The van der Waals surface area contributed by atoms with Gasteiger partial charge in [-0.3, -0.25) is 4.79 Å². The zero-order valence-electron chi connectivity index (χ0n) is 23.0. The summed E-state index contributed by atoms with van der Waals surface area (Å²) in [4.78, 5) is 42.3. The van der Waals surface area contributed by atoms with E-state index in [2.05, 4.69) is 0 Å². The number of likely N-dealkylation sites (tertiary alicyclic amines) is 1. The zero-order valence-corrected chi connectivity index (χ0v) is 23.0. The number of amides is 3. The van der Waals surface area contributed by atoms with E-state index in [9.17, 15) is 28.3 Å². The van der Waals surface area contributed by atoms with Gasteiger partial charge in [0.05, 0.1) is 24.1 Å². The van der Waals surface area contributed by atoms with Crippen molar-refractivity contribution in [1.29, 1.82) is 0 Å². The largest absolute Gasteiger partial charge is 0.447 e. The molecule has 8 nitrogen and oxygen atoms in total. The Hall–Kier alpha value is -3.53. The van der Waals surface area contributed by atoms with Crippen LogP contribution in [0.4, 0.5) is 18.4 Å². The maximum atomic E-state index is 14.1. The number of aliphatic hydroxyl groups is 1. The van der Waals surface area contributed by atoms with Crippen LogP contribution in [-0.4, -0.2) is 69.9 Å². The SMILES string of the molecule is CC(C)(C)OC(=O)N1CCCCC1C(O)C(Cc1cc(F)cc(F)c1)C(=O)N1C(=O)OCC1Cc1ccccc1. The lowest BCUT2D eigenvalue weighted by Gasteiger charge is -2.41. The predicted octanol–water partition coefficient (Wildman–Crippen LogP) is 4.86. The standard InChI is InChI=1S/C30H36F2N2O6/c1-30(2,3)40-28(37)33-12-8-7-11-25(33)26(35)24(16-20-13-21(31)17-22(32)14-20)27(36)34-23(18-39-29(34)38)15-19-9-5-4-6-10-19/h4-6,9-10,13-14,17,23-26,35H,7-8,11-12,15-16,18H2,1-3H3. The third kappa shape index (κ3) is 7.15. The molecule has 0 bridgehead atoms. The summed E-state index contributed by atoms with van der Waals surface area (Å²) in [6.07, 6.45) is -1.06. The summed E-state index contributed by atoms with van der Waals surface area (Å²) in [5, 5.41) is 11.7. The third-order valence-electron chi connectivity index (χ3n) is 7.19. The molecule has 2 fully saturated rings. The van der Waals surface area contributed by atoms with Gasteiger partial charge in [0.1, 0.15) is 23.8 Å². The molecule has 10 heteroatoms. The van der Waals surface area contributed by atoms with Gasteiger partial charge in [-0.25, -0.2) is 23.3 Å². The van der Waals surface area contributed by atoms with Gasteiger partial charge >= 0.3 is 12.2 Å². The number of imide groups is 1. The lowest BCUT2D eigenvalue weighted by atomic mass is 9.84. The van der Waals surface area contributed by atoms with Crippen LogP contribution in [0.2, 0.25) is 0 Å². The number of halogens is 2. The van der Waals surface area contributed by atoms with Crippen LogP contribution in [0.3, 0.4) is 0 Å². The maximum absolute atomic E-state index is 14.1. The van der Waals surface area contributed by atoms with Crippen molar-refractivity contribution in [2.75, 3.05) is 13.2 Å². The van der Waals surface area contributed by atoms with Gasteiger partial charge in [0.15, 0.2) is 0 Å². The van der Waals surface area contributed by atoms with Crippen LogP contribution in [0.15, 0.2) is 48.5 Å². The summed E-state index contributed by atoms with van der Waals surface area (Å²) in [7, 11) is 0. The minimum atomic E-state index is -1.45. The number of cyclic esters (lactones) is 1. The quantitative estimate of drug-likeness (QED) is 0.521. The van der Waals surface area contributed by atoms with Gasteiger partial charge in [-0.1, -0.05) is 30.3 Å². The molecular formula is C30H36F2N2O6. The van der Waals surface area contributed by atoms with Gasteiger partial charge in [0.2, 0.25) is 5.91 Å². The fourth-order valence-electron chi connectivity index (χ4n) is 5.41. The summed E-state index contributed by atoms with van der Waals surface area (Å²) in [5.74, 6) is -3.67. The first-order chi connectivity index (χ1) is 18.9. The van der Waals surface area contributed by atoms with E-state index in [1.54, 1.807) is 20.8 Å². The Kier molecular flexibility index (Phi) is 9.08. The van der Waals surface area contributed by atoms with Crippen molar-refractivity contribution in [1.82, 2.24) is 9.80 Å². The molecular weight excluding hydrogens is 522 g/mol. The summed E-state index contributed by atoms with van der Waals surface area (Å²) in [6.45, 7) is 5.49. The summed E-state index contributed by atoms with van der Waals surface area (Å²) >= 11 is 0. The monoisotopic (exact) mass is 558 g/mol. The molecule has 2 aliphatic rings. The van der Waals surface area contributed by atoms with Crippen molar-refractivity contribution in [3.8, 4) is 0 Å². The van der Waals surface area contributed by atoms with Crippen molar-refractivity contribution in [3.63, 3.8) is 0 Å². The molecule has 0 saturated carbocycles. The molecule has 0 radical (unpaired) electrons. The second-order valence-corrected chi connectivity index (χ2v) is 11.4. The van der Waals surface area contributed by atoms with Gasteiger partial charge in [-0.05, 0) is 76.1 Å². The number of ether oxygens (including phenoxy) is 2. The number of piperidine rings is 1. The normalized spacial score (nSPS) is 21.1. The van der Waals surface area contributed by atoms with Crippen LogP contribution >= 0.6 is 0 Å². The first-order valence-corrected chi connectivity index (χ1v) is 13.6. The van der Waals surface area contributed by atoms with Crippen LogP contribution in [0, 0.1) is 17.6 Å². The summed E-state index contributed by atoms with van der Waals surface area (Å²) < 4.78 is 39.0. The Bertz CT molecular complexity index is 1200. The number of rotatable bonds is 7. The highest BCUT2D eigenvalue weighted by Crippen LogP contribution is 2.30. The fourth-order valence-corrected chi connectivity index (χ4v) is 5.41. The van der Waals surface area contributed by atoms with Gasteiger partial charge in [-0.15, -0.1) is 0 Å². The molecule has 0 aliphatic carbocycles. The molecule has 2 heterocycles. The fraction of sp³-hybridized carbons (Fsp3) is 0.500. The van der Waals surface area contributed by atoms with E-state index in [0.29, 0.717) is 32.2 Å². The molecule has 0 aromatic heterocycles. The molecule has 216 valence electrons. The molecule has 4 unspecified atom stereocenters. The van der Waals surface area contributed by atoms with Gasteiger partial charge in [0, 0.05) is 12.6 Å². The second kappa shape index (κ2) is 12.3. The van der Waals surface area contributed by atoms with E-state index in [-0.39, 0.29) is 18.6 Å². The Morgan fingerprint density at radius 2 is 1.75 bits per heavy atom. The van der Waals surface area contributed by atoms with E-state index < -0.39 is 59.4 Å². The first-order valence-electron chi connectivity index (χ1n) is 13.6. The van der Waals surface area contributed by atoms with E-state index >= 15 is 0 Å². The number of nitrogens with zero attached hydrogens (tertiary/aromatic N) is 2. The molecule has 2 aromatic carbocycles. The summed E-state index contributed by atoms with van der Waals surface area (Å²) in [5.41, 5.74) is 0.250. The van der Waals surface area contributed by atoms with Crippen LogP contribution in [-0.2, 0) is 27.1 Å². The molecule has 40 heavy (non-hydrogen) atoms. The minimum Gasteiger partial charge on any atom is -0.447 e. The van der Waals surface area contributed by atoms with E-state index in [1.165, 1.54) is 4.90 Å². The Morgan fingerprint density at radius 1 is 1.07 bits per heavy atom. The number of hydrogen-bond acceptors (Lipinski definition) is 6. The highest BCUT2D eigenvalue weighted by molar-refractivity contribution is 5.95. The molecule has 2 saturated heterocycles. The van der Waals surface area contributed by atoms with Crippen molar-refractivity contribution in [2.45, 2.75) is 76.7 Å². The zero-order chi connectivity index (χ0) is 29.0. The first kappa shape index (κ1) is 29.5. The smallest absolute Gasteiger partial charge is 0.416 e. The third-order valence-corrected chi connectivity index (χ3v) is 7.19. The molecule has 0 spiro atoms. The van der Waals surface area contributed by atoms with E-state index in [0.717, 1.165) is 28.7 Å². The number of benzene rings is 2. The van der Waals surface area contributed by atoms with Gasteiger partial charge < -0.3 is 19.5 Å². The van der Waals surface area contributed by atoms with Crippen LogP contribution < -0.4 is 0 Å². The van der Waals surface area contributed by atoms with Crippen molar-refractivity contribution in [3.05, 3.63) is 71.3 Å². The molecule has 2 aromatic rings. The van der Waals surface area contributed by atoms with Crippen molar-refractivity contribution in [2.24, 2.45) is 5.92 Å². The van der Waals surface area contributed by atoms with E-state index in [1.807, 2.05) is 30.3 Å². The topological polar surface area (TPSA) is 96.4 Å². The number of carbonyl (C=O) groups excluding carboxylic acids is 3. The maximum Gasteiger partial charge on any atom is 0.416 e. The number of aliphatic hydroxyl groups excluding tert-OH is 1. The average molecular weight is 559 g/mol. The lowest BCUT2D eigenvalue weighted by Crippen LogP contribution is -2.56. The Morgan fingerprint density at radius 3 is 2.40 bits per heavy atom. The molecule has 4 rings (SSSR count). The van der Waals surface area contributed by atoms with Crippen LogP contribution in [0.5, 0.6) is 0 Å².